The van der Waals surface area contributed by atoms with Crippen molar-refractivity contribution in [3.05, 3.63) is 157 Å². The summed E-state index contributed by atoms with van der Waals surface area (Å²) < 4.78 is 61.4. The van der Waals surface area contributed by atoms with E-state index in [1.807, 2.05) is 104 Å². The van der Waals surface area contributed by atoms with E-state index in [0.29, 0.717) is 26.2 Å². The normalized spacial score (nSPS) is 15.6. The molecule has 12 bridgehead atoms. The Balaban J connectivity index is 1.22. The van der Waals surface area contributed by atoms with Gasteiger partial charge in [-0.3, -0.25) is 0 Å². The van der Waals surface area contributed by atoms with Crippen LogP contribution in [0.3, 0.4) is 0 Å². The fraction of sp³-hybridized carbons (Fsp3) is 0.118. The fourth-order valence-electron chi connectivity index (χ4n) is 5.46. The third kappa shape index (κ3) is 5.61. The van der Waals surface area contributed by atoms with Gasteiger partial charge in [0.1, 0.15) is 51.0 Å². The monoisotopic (exact) mass is 622 g/mol. The van der Waals surface area contributed by atoms with E-state index in [-0.39, 0.29) is 19.6 Å². The Morgan fingerprint density at radius 3 is 1.05 bits per heavy atom. The Morgan fingerprint density at radius 2 is 0.727 bits per heavy atom. The van der Waals surface area contributed by atoms with E-state index in [1.54, 1.807) is 48.5 Å². The van der Waals surface area contributed by atoms with Crippen LogP contribution in [0.25, 0.3) is 0 Å². The maximum atomic E-state index is 13.3. The van der Waals surface area contributed by atoms with Crippen molar-refractivity contribution in [2.24, 2.45) is 0 Å². The van der Waals surface area contributed by atoms with Crippen LogP contribution < -0.4 is 9.13 Å². The Morgan fingerprint density at radius 1 is 0.432 bits per heavy atom. The molecule has 0 unspecified atom stereocenters. The van der Waals surface area contributed by atoms with Crippen LogP contribution in [0.2, 0.25) is 0 Å². The number of benzene rings is 4. The largest absolute Gasteiger partial charge is 0.244 e. The summed E-state index contributed by atoms with van der Waals surface area (Å²) >= 11 is 0. The summed E-state index contributed by atoms with van der Waals surface area (Å²) in [7, 11) is -7.29. The van der Waals surface area contributed by atoms with Crippen LogP contribution in [0.4, 0.5) is 0 Å². The number of imidazole rings is 2. The van der Waals surface area contributed by atoms with E-state index in [1.165, 1.54) is 0 Å². The molecule has 0 spiro atoms. The minimum absolute atomic E-state index is 0.259. The molecule has 9 heterocycles. The third-order valence-electron chi connectivity index (χ3n) is 7.89. The van der Waals surface area contributed by atoms with Crippen molar-refractivity contribution in [3.8, 4) is 0 Å². The molecular formula is C34H30N4O4S2+2. The zero-order chi connectivity index (χ0) is 30.3. The second-order valence-corrected chi connectivity index (χ2v) is 15.0. The van der Waals surface area contributed by atoms with Crippen LogP contribution in [-0.2, 0) is 45.9 Å². The Labute approximate surface area is 256 Å². The van der Waals surface area contributed by atoms with E-state index in [4.69, 9.17) is 0 Å². The summed E-state index contributed by atoms with van der Waals surface area (Å²) in [5.41, 5.74) is 3.90. The maximum Gasteiger partial charge on any atom is 0.244 e. The van der Waals surface area contributed by atoms with Crippen molar-refractivity contribution in [3.63, 3.8) is 0 Å². The van der Waals surface area contributed by atoms with Gasteiger partial charge in [0.05, 0.1) is 19.6 Å². The smallest absolute Gasteiger partial charge is 0.233 e. The molecule has 7 aliphatic heterocycles. The summed E-state index contributed by atoms with van der Waals surface area (Å²) in [6, 6.07) is 28.0. The molecule has 10 heteroatoms. The van der Waals surface area contributed by atoms with Gasteiger partial charge in [-0.05, 0) is 70.8 Å². The molecular weight excluding hydrogens is 593 g/mol. The molecule has 7 aliphatic rings. The van der Waals surface area contributed by atoms with Crippen molar-refractivity contribution in [1.82, 2.24) is 9.13 Å². The number of rotatable bonds is 0. The van der Waals surface area contributed by atoms with Crippen LogP contribution in [0, 0.1) is 0 Å². The van der Waals surface area contributed by atoms with Crippen LogP contribution in [0.15, 0.2) is 154 Å². The van der Waals surface area contributed by atoms with Crippen LogP contribution in [0.5, 0.6) is 0 Å². The van der Waals surface area contributed by atoms with Gasteiger partial charge < -0.3 is 0 Å². The molecule has 0 N–H and O–H groups in total. The lowest BCUT2D eigenvalue weighted by molar-refractivity contribution is -0.688. The average molecular weight is 623 g/mol. The van der Waals surface area contributed by atoms with Crippen molar-refractivity contribution >= 4 is 19.7 Å². The molecule has 8 nitrogen and oxygen atoms in total. The van der Waals surface area contributed by atoms with Gasteiger partial charge in [0.25, 0.3) is 0 Å². The highest BCUT2D eigenvalue weighted by Crippen LogP contribution is 2.23. The van der Waals surface area contributed by atoms with Gasteiger partial charge >= 0.3 is 0 Å². The lowest BCUT2D eigenvalue weighted by Crippen LogP contribution is -2.31. The lowest BCUT2D eigenvalue weighted by atomic mass is 10.2. The van der Waals surface area contributed by atoms with Crippen LogP contribution in [0.1, 0.15) is 22.3 Å². The topological polar surface area (TPSA) is 85.9 Å². The third-order valence-corrected chi connectivity index (χ3v) is 11.5. The number of aromatic nitrogens is 4. The van der Waals surface area contributed by atoms with E-state index >= 15 is 0 Å². The standard InChI is InChI=1S/C34H30N4O4S2/c39-43(40)31-9-1-27(2-10-31)21-35-17-18-36(25-35)22-29-5-13-33(14-6-29)44(41,42)34-15-7-30(8-16-34)24-38-20-19-37(26-38)23-28-3-11-32(43)12-4-28/h1-20,25-26H,21-24H2/q+2. The Hall–Kier alpha value is -4.80. The van der Waals surface area contributed by atoms with Gasteiger partial charge in [0, 0.05) is 0 Å². The van der Waals surface area contributed by atoms with Gasteiger partial charge in [-0.25, -0.2) is 35.1 Å². The molecule has 4 aromatic carbocycles. The molecule has 6 aromatic rings. The summed E-state index contributed by atoms with van der Waals surface area (Å²) in [5.74, 6) is 0. The molecule has 0 saturated heterocycles. The van der Waals surface area contributed by atoms with Crippen LogP contribution >= 0.6 is 0 Å². The molecule has 0 amide bonds. The van der Waals surface area contributed by atoms with Gasteiger partial charge in [0.15, 0.2) is 0 Å². The van der Waals surface area contributed by atoms with E-state index in [0.717, 1.165) is 22.3 Å². The van der Waals surface area contributed by atoms with Crippen molar-refractivity contribution in [1.29, 1.82) is 0 Å². The first kappa shape index (κ1) is 28.0. The minimum Gasteiger partial charge on any atom is -0.233 e. The first-order chi connectivity index (χ1) is 21.2. The van der Waals surface area contributed by atoms with Crippen molar-refractivity contribution < 1.29 is 26.0 Å². The average Bonchev–Trinajstić information content (AvgIpc) is 3.66. The number of sulfone groups is 2. The number of nitrogens with zero attached hydrogens (tertiary/aromatic N) is 4. The van der Waals surface area contributed by atoms with Gasteiger partial charge in [-0.1, -0.05) is 48.5 Å². The summed E-state index contributed by atoms with van der Waals surface area (Å²) in [5, 5.41) is 0. The second kappa shape index (κ2) is 11.0. The van der Waals surface area contributed by atoms with Gasteiger partial charge in [0.2, 0.25) is 32.3 Å². The van der Waals surface area contributed by atoms with Gasteiger partial charge in [-0.2, -0.15) is 0 Å². The highest BCUT2D eigenvalue weighted by molar-refractivity contribution is 7.91. The quantitative estimate of drug-likeness (QED) is 0.239. The van der Waals surface area contributed by atoms with Crippen molar-refractivity contribution in [2.45, 2.75) is 45.8 Å². The molecule has 0 radical (unpaired) electrons. The molecule has 0 fully saturated rings. The highest BCUT2D eigenvalue weighted by atomic mass is 32.2. The summed E-state index contributed by atoms with van der Waals surface area (Å²) in [6.07, 6.45) is 11.8. The predicted octanol–water partition coefficient (Wildman–Crippen LogP) is 4.04. The zero-order valence-electron chi connectivity index (χ0n) is 23.8. The van der Waals surface area contributed by atoms with Crippen LogP contribution in [-0.4, -0.2) is 26.0 Å². The molecule has 0 aliphatic carbocycles. The zero-order valence-corrected chi connectivity index (χ0v) is 25.4. The van der Waals surface area contributed by atoms with E-state index < -0.39 is 19.7 Å². The Kier molecular flexibility index (Phi) is 7.02. The number of hydrogen-bond donors (Lipinski definition) is 0. The first-order valence-electron chi connectivity index (χ1n) is 14.2. The first-order valence-corrected chi connectivity index (χ1v) is 17.1. The van der Waals surface area contributed by atoms with Gasteiger partial charge in [-0.15, -0.1) is 0 Å². The second-order valence-electron chi connectivity index (χ2n) is 11.1. The van der Waals surface area contributed by atoms with E-state index in [9.17, 15) is 16.8 Å². The molecule has 2 aromatic heterocycles. The molecule has 13 rings (SSSR count). The maximum absolute atomic E-state index is 13.3. The minimum atomic E-state index is -3.65. The lowest BCUT2D eigenvalue weighted by Gasteiger charge is -2.07. The SMILES string of the molecule is O=S1(=O)c2ccc(cc2)Cn2cc[n+](c2)Cc2ccc(cc2)S(=O)(=O)c2ccc(cc2)C[n+]2ccn(c2)Cc2ccc1cc2. The molecule has 0 saturated carbocycles. The molecule has 0 atom stereocenters. The number of hydrogen-bond acceptors (Lipinski definition) is 4. The van der Waals surface area contributed by atoms with Crippen molar-refractivity contribution in [2.75, 3.05) is 0 Å². The van der Waals surface area contributed by atoms with E-state index in [2.05, 4.69) is 0 Å². The summed E-state index contributed by atoms with van der Waals surface area (Å²) in [6.45, 7) is 2.32. The molecule has 44 heavy (non-hydrogen) atoms. The molecule has 220 valence electrons. The predicted molar refractivity (Wildman–Crippen MR) is 162 cm³/mol. The fourth-order valence-corrected chi connectivity index (χ4v) is 7.98. The highest BCUT2D eigenvalue weighted by Gasteiger charge is 2.20. The summed E-state index contributed by atoms with van der Waals surface area (Å²) in [4.78, 5) is 1.04. The Bertz CT molecular complexity index is 1870.